The molecule has 0 saturated carbocycles. The molecule has 1 unspecified atom stereocenters. The number of likely N-dealkylation sites (N-methyl/N-ethyl adjacent to an activating group) is 1. The molecule has 0 spiro atoms. The molecule has 0 bridgehead atoms. The van der Waals surface area contributed by atoms with Crippen molar-refractivity contribution in [3.05, 3.63) is 65.2 Å². The maximum Gasteiger partial charge on any atom is 0.337 e. The van der Waals surface area contributed by atoms with E-state index in [1.165, 1.54) is 20.2 Å². The first-order valence-corrected chi connectivity index (χ1v) is 9.97. The van der Waals surface area contributed by atoms with Crippen LogP contribution in [0.15, 0.2) is 48.5 Å². The Balaban J connectivity index is 2.41. The summed E-state index contributed by atoms with van der Waals surface area (Å²) in [5.41, 5.74) is 1.95. The second-order valence-corrected chi connectivity index (χ2v) is 8.14. The minimum absolute atomic E-state index is 0.283. The molecule has 8 heteroatoms. The highest BCUT2D eigenvalue weighted by atomic mass is 32.2. The van der Waals surface area contributed by atoms with Crippen molar-refractivity contribution >= 4 is 27.6 Å². The van der Waals surface area contributed by atoms with Crippen molar-refractivity contribution in [1.82, 2.24) is 4.31 Å². The first-order chi connectivity index (χ1) is 12.6. The van der Waals surface area contributed by atoms with Crippen LogP contribution in [0.1, 0.15) is 27.5 Å². The maximum atomic E-state index is 13.0. The van der Waals surface area contributed by atoms with Crippen molar-refractivity contribution < 1.29 is 22.7 Å². The zero-order valence-corrected chi connectivity index (χ0v) is 16.4. The molecule has 1 atom stereocenters. The molecule has 144 valence electrons. The number of hydrogen-bond acceptors (Lipinski definition) is 5. The van der Waals surface area contributed by atoms with E-state index in [1.807, 2.05) is 0 Å². The van der Waals surface area contributed by atoms with E-state index in [0.717, 1.165) is 16.1 Å². The highest BCUT2D eigenvalue weighted by Gasteiger charge is 2.31. The van der Waals surface area contributed by atoms with Gasteiger partial charge in [-0.3, -0.25) is 4.79 Å². The summed E-state index contributed by atoms with van der Waals surface area (Å²) in [6.45, 7) is 1.77. The van der Waals surface area contributed by atoms with E-state index < -0.39 is 27.9 Å². The molecule has 0 aliphatic carbocycles. The lowest BCUT2D eigenvalue weighted by Crippen LogP contribution is -2.38. The van der Waals surface area contributed by atoms with Crippen LogP contribution < -0.4 is 5.32 Å². The van der Waals surface area contributed by atoms with Crippen molar-refractivity contribution in [2.45, 2.75) is 13.0 Å². The number of benzene rings is 2. The topological polar surface area (TPSA) is 92.8 Å². The van der Waals surface area contributed by atoms with Crippen LogP contribution in [-0.4, -0.2) is 45.0 Å². The van der Waals surface area contributed by atoms with Crippen LogP contribution in [0.25, 0.3) is 0 Å². The SMILES string of the molecule is COC(=O)c1ccc(C)c(NC(=O)C(c2ccccc2)N(C)S(C)(=O)=O)c1. The lowest BCUT2D eigenvalue weighted by atomic mass is 10.1. The number of nitrogens with one attached hydrogen (secondary N) is 1. The molecule has 0 fully saturated rings. The van der Waals surface area contributed by atoms with E-state index in [9.17, 15) is 18.0 Å². The molecule has 2 aromatic rings. The van der Waals surface area contributed by atoms with Gasteiger partial charge in [-0.2, -0.15) is 4.31 Å². The zero-order chi connectivity index (χ0) is 20.2. The van der Waals surface area contributed by atoms with Crippen molar-refractivity contribution in [2.75, 3.05) is 25.7 Å². The number of methoxy groups -OCH3 is 1. The maximum absolute atomic E-state index is 13.0. The number of carbonyl (C=O) groups is 2. The number of sulfonamides is 1. The number of ether oxygens (including phenoxy) is 1. The van der Waals surface area contributed by atoms with Crippen LogP contribution in [0.3, 0.4) is 0 Å². The minimum Gasteiger partial charge on any atom is -0.465 e. The van der Waals surface area contributed by atoms with Gasteiger partial charge in [0.05, 0.1) is 18.9 Å². The van der Waals surface area contributed by atoms with Gasteiger partial charge >= 0.3 is 5.97 Å². The van der Waals surface area contributed by atoms with Gasteiger partial charge in [-0.1, -0.05) is 36.4 Å². The second-order valence-electron chi connectivity index (χ2n) is 6.10. The average Bonchev–Trinajstić information content (AvgIpc) is 2.63. The molecule has 2 rings (SSSR count). The predicted octanol–water partition coefficient (Wildman–Crippen LogP) is 2.35. The Hall–Kier alpha value is -2.71. The van der Waals surface area contributed by atoms with Gasteiger partial charge in [-0.05, 0) is 30.2 Å². The highest BCUT2D eigenvalue weighted by Crippen LogP contribution is 2.25. The Morgan fingerprint density at radius 3 is 2.30 bits per heavy atom. The van der Waals surface area contributed by atoms with Crippen molar-refractivity contribution in [3.8, 4) is 0 Å². The van der Waals surface area contributed by atoms with Crippen LogP contribution in [0, 0.1) is 6.92 Å². The average molecular weight is 390 g/mol. The lowest BCUT2D eigenvalue weighted by molar-refractivity contribution is -0.119. The molecule has 27 heavy (non-hydrogen) atoms. The fraction of sp³-hybridized carbons (Fsp3) is 0.263. The molecule has 0 radical (unpaired) electrons. The van der Waals surface area contributed by atoms with E-state index in [4.69, 9.17) is 4.74 Å². The Bertz CT molecular complexity index is 942. The quantitative estimate of drug-likeness (QED) is 0.765. The Morgan fingerprint density at radius 1 is 1.11 bits per heavy atom. The third-order valence-corrected chi connectivity index (χ3v) is 5.42. The summed E-state index contributed by atoms with van der Waals surface area (Å²) in [5.74, 6) is -1.06. The Morgan fingerprint density at radius 2 is 1.74 bits per heavy atom. The summed E-state index contributed by atoms with van der Waals surface area (Å²) < 4.78 is 29.8. The molecule has 2 aromatic carbocycles. The molecule has 0 heterocycles. The standard InChI is InChI=1S/C19H22N2O5S/c1-13-10-11-15(19(23)26-3)12-16(13)20-18(22)17(21(2)27(4,24)25)14-8-6-5-7-9-14/h5-12,17H,1-4H3,(H,20,22). The van der Waals surface area contributed by atoms with Gasteiger partial charge in [-0.15, -0.1) is 0 Å². The smallest absolute Gasteiger partial charge is 0.337 e. The number of aryl methyl sites for hydroxylation is 1. The van der Waals surface area contributed by atoms with Crippen molar-refractivity contribution in [3.63, 3.8) is 0 Å². The molecule has 0 saturated heterocycles. The zero-order valence-electron chi connectivity index (χ0n) is 15.6. The number of hydrogen-bond donors (Lipinski definition) is 1. The number of rotatable bonds is 6. The number of amides is 1. The van der Waals surface area contributed by atoms with Crippen LogP contribution in [-0.2, 0) is 19.6 Å². The molecule has 7 nitrogen and oxygen atoms in total. The molecule has 0 aliphatic heterocycles. The number of carbonyl (C=O) groups excluding carboxylic acids is 2. The molecule has 1 N–H and O–H groups in total. The highest BCUT2D eigenvalue weighted by molar-refractivity contribution is 7.88. The first kappa shape index (κ1) is 20.6. The fourth-order valence-electron chi connectivity index (χ4n) is 2.56. The first-order valence-electron chi connectivity index (χ1n) is 8.13. The van der Waals surface area contributed by atoms with E-state index >= 15 is 0 Å². The number of nitrogens with zero attached hydrogens (tertiary/aromatic N) is 1. The monoisotopic (exact) mass is 390 g/mol. The summed E-state index contributed by atoms with van der Waals surface area (Å²) >= 11 is 0. The normalized spacial score (nSPS) is 12.5. The van der Waals surface area contributed by atoms with Crippen LogP contribution >= 0.6 is 0 Å². The molecular formula is C19H22N2O5S. The molecular weight excluding hydrogens is 368 g/mol. The number of anilines is 1. The summed E-state index contributed by atoms with van der Waals surface area (Å²) in [6, 6.07) is 12.3. The van der Waals surface area contributed by atoms with E-state index in [1.54, 1.807) is 49.4 Å². The van der Waals surface area contributed by atoms with Crippen molar-refractivity contribution in [2.24, 2.45) is 0 Å². The Kier molecular flexibility index (Phi) is 6.35. The van der Waals surface area contributed by atoms with Gasteiger partial charge in [0.2, 0.25) is 15.9 Å². The summed E-state index contributed by atoms with van der Waals surface area (Å²) in [5, 5.41) is 2.73. The fourth-order valence-corrected chi connectivity index (χ4v) is 3.16. The Labute approximate surface area is 159 Å². The summed E-state index contributed by atoms with van der Waals surface area (Å²) in [7, 11) is -1.00. The molecule has 0 aromatic heterocycles. The van der Waals surface area contributed by atoms with Crippen LogP contribution in [0.4, 0.5) is 5.69 Å². The third-order valence-electron chi connectivity index (χ3n) is 4.17. The van der Waals surface area contributed by atoms with Gasteiger partial charge in [0, 0.05) is 12.7 Å². The van der Waals surface area contributed by atoms with Crippen molar-refractivity contribution in [1.29, 1.82) is 0 Å². The molecule has 0 aliphatic rings. The van der Waals surface area contributed by atoms with Crippen LogP contribution in [0.2, 0.25) is 0 Å². The minimum atomic E-state index is -3.62. The van der Waals surface area contributed by atoms with Gasteiger partial charge in [0.15, 0.2) is 0 Å². The van der Waals surface area contributed by atoms with Gasteiger partial charge in [0.25, 0.3) is 0 Å². The summed E-state index contributed by atoms with van der Waals surface area (Å²) in [4.78, 5) is 24.7. The number of esters is 1. The largest absolute Gasteiger partial charge is 0.465 e. The predicted molar refractivity (Wildman–Crippen MR) is 103 cm³/mol. The van der Waals surface area contributed by atoms with Gasteiger partial charge in [0.1, 0.15) is 6.04 Å². The van der Waals surface area contributed by atoms with Gasteiger partial charge < -0.3 is 10.1 Å². The summed E-state index contributed by atoms with van der Waals surface area (Å²) in [6.07, 6.45) is 1.04. The van der Waals surface area contributed by atoms with E-state index in [2.05, 4.69) is 5.32 Å². The third kappa shape index (κ3) is 4.93. The van der Waals surface area contributed by atoms with E-state index in [0.29, 0.717) is 11.3 Å². The second kappa shape index (κ2) is 8.32. The van der Waals surface area contributed by atoms with Crippen LogP contribution in [0.5, 0.6) is 0 Å². The van der Waals surface area contributed by atoms with Gasteiger partial charge in [-0.25, -0.2) is 13.2 Å². The van der Waals surface area contributed by atoms with E-state index in [-0.39, 0.29) is 5.56 Å². The molecule has 1 amide bonds. The lowest BCUT2D eigenvalue weighted by Gasteiger charge is -2.26.